The van der Waals surface area contributed by atoms with Crippen LogP contribution < -0.4 is 45.9 Å². The molecule has 5 aromatic rings. The highest BCUT2D eigenvalue weighted by Gasteiger charge is 2.50. The topological polar surface area (TPSA) is 442 Å². The summed E-state index contributed by atoms with van der Waals surface area (Å²) in [6.07, 6.45) is 2.21. The summed E-state index contributed by atoms with van der Waals surface area (Å²) >= 11 is 0. The van der Waals surface area contributed by atoms with E-state index in [4.69, 9.17) is 34.3 Å². The summed E-state index contributed by atoms with van der Waals surface area (Å²) in [5.41, 5.74) is 13.0. The largest absolute Gasteiger partial charge is 0.490 e. The SMILES string of the molecule is Nc1ncnc2c1ncn2C1O[C@H](COP(=O)(O)OP(=O)(O)OP(=O)(O)O)[C@@H](OC(=O)NCCNC(=O)CCCCCNS(=O)(=O)c2ccc(C3=c4cc5c6c(c4Oc4c3cc3c7c4CCCN7CCC3)CCC[N+]=6CCC5)c(S(=O)(=O)O)c2)[C@H]1O. The van der Waals surface area contributed by atoms with Crippen molar-refractivity contribution in [2.45, 2.75) is 111 Å². The first-order chi connectivity index (χ1) is 40.8. The molecule has 2 aromatic heterocycles. The first-order valence-electron chi connectivity index (χ1n) is 27.6. The number of phosphoric acid groups is 3. The van der Waals surface area contributed by atoms with Crippen LogP contribution >= 0.6 is 23.5 Å². The maximum absolute atomic E-state index is 13.9. The molecule has 11 rings (SSSR count). The van der Waals surface area contributed by atoms with Gasteiger partial charge in [0.2, 0.25) is 21.3 Å². The van der Waals surface area contributed by atoms with Gasteiger partial charge in [-0.1, -0.05) is 12.5 Å². The van der Waals surface area contributed by atoms with Crippen molar-refractivity contribution in [1.29, 1.82) is 0 Å². The third kappa shape index (κ3) is 13.0. The predicted molar refractivity (Wildman–Crippen MR) is 301 cm³/mol. The summed E-state index contributed by atoms with van der Waals surface area (Å²) in [5.74, 6) is 0.842. The number of aromatic nitrogens is 4. The molecule has 1 fully saturated rings. The van der Waals surface area contributed by atoms with Crippen molar-refractivity contribution in [3.05, 3.63) is 86.9 Å². The Morgan fingerprint density at radius 1 is 0.814 bits per heavy atom. The number of aliphatic hydroxyl groups is 1. The molecule has 1 saturated heterocycles. The summed E-state index contributed by atoms with van der Waals surface area (Å²) in [7, 11) is -26.7. The summed E-state index contributed by atoms with van der Waals surface area (Å²) in [6, 6.07) is 7.95. The Morgan fingerprint density at radius 3 is 2.31 bits per heavy atom. The Balaban J connectivity index is 0.700. The predicted octanol–water partition coefficient (Wildman–Crippen LogP) is 1.44. The minimum atomic E-state index is -5.91. The van der Waals surface area contributed by atoms with E-state index in [1.54, 1.807) is 0 Å². The lowest BCUT2D eigenvalue weighted by molar-refractivity contribution is -0.121. The molecule has 36 heteroatoms. The Bertz CT molecular complexity index is 4090. The lowest BCUT2D eigenvalue weighted by Gasteiger charge is -2.39. The van der Waals surface area contributed by atoms with Crippen LogP contribution in [0.5, 0.6) is 11.5 Å². The second-order valence-corrected chi connectivity index (χ2v) is 28.9. The number of hydrogen-bond donors (Lipinski definition) is 10. The van der Waals surface area contributed by atoms with Crippen LogP contribution in [0.2, 0.25) is 0 Å². The number of phosphoric ester groups is 1. The molecule has 6 aliphatic rings. The van der Waals surface area contributed by atoms with Gasteiger partial charge in [0.25, 0.3) is 10.1 Å². The number of alkyl carbamates (subject to hydrolysis) is 1. The number of nitrogen functional groups attached to an aromatic ring is 1. The van der Waals surface area contributed by atoms with E-state index in [2.05, 4.69) is 60.5 Å². The molecule has 3 aromatic carbocycles. The van der Waals surface area contributed by atoms with Crippen LogP contribution in [0.4, 0.5) is 16.3 Å². The number of amides is 2. The fraction of sp³-hybridized carbons (Fsp3) is 0.480. The van der Waals surface area contributed by atoms with Crippen molar-refractivity contribution in [2.24, 2.45) is 0 Å². The summed E-state index contributed by atoms with van der Waals surface area (Å²) in [5, 5.41) is 18.1. The Kier molecular flexibility index (Phi) is 17.4. The third-order valence-electron chi connectivity index (χ3n) is 15.6. The van der Waals surface area contributed by atoms with Gasteiger partial charge in [0.15, 0.2) is 23.8 Å². The molecular formula is C50H62N10O21P3S2+. The monoisotopic (exact) mass is 1300 g/mol. The Hall–Kier alpha value is -5.83. The number of nitrogens with zero attached hydrogens (tertiary/aromatic N) is 6. The highest BCUT2D eigenvalue weighted by atomic mass is 32.2. The zero-order valence-electron chi connectivity index (χ0n) is 45.7. The van der Waals surface area contributed by atoms with Gasteiger partial charge in [-0.15, -0.1) is 0 Å². The number of rotatable bonds is 22. The van der Waals surface area contributed by atoms with Gasteiger partial charge < -0.3 is 60.2 Å². The number of unbranched alkanes of at least 4 members (excludes halogenated alkanes) is 2. The number of imidazole rings is 1. The number of fused-ring (bicyclic) bond motifs is 5. The highest BCUT2D eigenvalue weighted by molar-refractivity contribution is 7.89. The van der Waals surface area contributed by atoms with Crippen molar-refractivity contribution in [3.63, 3.8) is 0 Å². The number of ether oxygens (including phenoxy) is 3. The van der Waals surface area contributed by atoms with Crippen LogP contribution in [-0.2, 0) is 86.9 Å². The van der Waals surface area contributed by atoms with Crippen LogP contribution in [0.3, 0.4) is 0 Å². The molecule has 31 nitrogen and oxygen atoms in total. The quantitative estimate of drug-likeness (QED) is 0.0199. The number of nitrogens with two attached hydrogens (primary N) is 1. The van der Waals surface area contributed by atoms with E-state index in [1.807, 2.05) is 0 Å². The lowest BCUT2D eigenvalue weighted by atomic mass is 9.82. The van der Waals surface area contributed by atoms with E-state index < -0.39 is 91.7 Å². The molecule has 0 radical (unpaired) electrons. The molecule has 6 aliphatic heterocycles. The molecule has 0 bridgehead atoms. The molecule has 8 heterocycles. The van der Waals surface area contributed by atoms with Crippen LogP contribution in [0.25, 0.3) is 16.7 Å². The molecule has 0 spiro atoms. The molecule has 464 valence electrons. The van der Waals surface area contributed by atoms with Crippen molar-refractivity contribution in [3.8, 4) is 11.5 Å². The molecule has 86 heavy (non-hydrogen) atoms. The average molecular weight is 1300 g/mol. The first-order valence-corrected chi connectivity index (χ1v) is 35.0. The van der Waals surface area contributed by atoms with E-state index in [0.717, 1.165) is 123 Å². The normalized spacial score (nSPS) is 21.3. The Labute approximate surface area is 490 Å². The molecule has 6 atom stereocenters. The minimum absolute atomic E-state index is 0.00138. The van der Waals surface area contributed by atoms with Gasteiger partial charge in [0.05, 0.1) is 23.4 Å². The summed E-state index contributed by atoms with van der Waals surface area (Å²) in [4.78, 5) is 76.5. The molecule has 11 N–H and O–H groups in total. The van der Waals surface area contributed by atoms with Gasteiger partial charge in [-0.2, -0.15) is 17.0 Å². The van der Waals surface area contributed by atoms with Crippen molar-refractivity contribution in [2.75, 3.05) is 63.1 Å². The fourth-order valence-electron chi connectivity index (χ4n) is 12.1. The van der Waals surface area contributed by atoms with Gasteiger partial charge in [-0.25, -0.2) is 51.2 Å². The molecule has 3 unspecified atom stereocenters. The lowest BCUT2D eigenvalue weighted by Crippen LogP contribution is -2.45. The van der Waals surface area contributed by atoms with Crippen molar-refractivity contribution in [1.82, 2.24) is 39.5 Å². The fourth-order valence-corrected chi connectivity index (χ4v) is 17.1. The third-order valence-corrected chi connectivity index (χ3v) is 21.8. The molecule has 0 aliphatic carbocycles. The average Bonchev–Trinajstić information content (AvgIpc) is 1.07. The zero-order chi connectivity index (χ0) is 61.1. The minimum Gasteiger partial charge on any atom is -0.455 e. The zero-order valence-corrected chi connectivity index (χ0v) is 50.0. The molecule has 0 saturated carbocycles. The summed E-state index contributed by atoms with van der Waals surface area (Å²) in [6.45, 7) is 2.15. The number of carbonyl (C=O) groups is 2. The smallest absolute Gasteiger partial charge is 0.455 e. The van der Waals surface area contributed by atoms with Gasteiger partial charge >= 0.3 is 29.6 Å². The van der Waals surface area contributed by atoms with Crippen LogP contribution in [0, 0.1) is 0 Å². The highest BCUT2D eigenvalue weighted by Crippen LogP contribution is 2.66. The number of aryl methyl sites for hydroxylation is 2. The van der Waals surface area contributed by atoms with Gasteiger partial charge in [-0.05, 0) is 81.2 Å². The van der Waals surface area contributed by atoms with E-state index in [-0.39, 0.29) is 59.9 Å². The van der Waals surface area contributed by atoms with Gasteiger partial charge in [-0.3, -0.25) is 18.4 Å². The number of sulfonamides is 1. The number of nitrogens with one attached hydrogen (secondary N) is 3. The standard InChI is InChI=1S/C50H61N10O21P3S2/c51-47-40-48(55-26-54-47)60(27-56-40)49-43(62)46(36(77-49)25-76-83(67,68)81-84(69,70)80-82(64,65)66)79-50(63)53-17-16-52-38(61)12-2-1-3-15-57-85(71,72)30-13-14-31(37(24-30)86(73,74)75)39-34-22-28-8-4-18-58-20-6-10-32(41(28)58)44(34)78-45-33-11-7-21-59-19-5-9-29(42(33)59)23-35(39)45/h13-14,22-24,26-27,36,43,46,49,57,62H,1-12,15-21,25H2,(H8-,51,52,53,54,55,61,63,64,65,66,67,68,69,70,73,74,75)/p+1/t36-,43-,46-,49?/m1/s1. The van der Waals surface area contributed by atoms with E-state index >= 15 is 0 Å². The number of anilines is 2. The second kappa shape index (κ2) is 24.3. The van der Waals surface area contributed by atoms with E-state index in [1.165, 1.54) is 23.2 Å². The maximum Gasteiger partial charge on any atom is 0.490 e. The first kappa shape index (κ1) is 61.8. The Morgan fingerprint density at radius 2 is 1.55 bits per heavy atom. The van der Waals surface area contributed by atoms with Gasteiger partial charge in [0.1, 0.15) is 53.5 Å². The second-order valence-electron chi connectivity index (χ2n) is 21.4. The number of benzene rings is 3. The van der Waals surface area contributed by atoms with Crippen LogP contribution in [-0.4, -0.2) is 148 Å². The molecule has 2 amide bonds. The maximum atomic E-state index is 13.9. The van der Waals surface area contributed by atoms with E-state index in [9.17, 15) is 59.6 Å². The summed E-state index contributed by atoms with van der Waals surface area (Å²) < 4.78 is 138. The van der Waals surface area contributed by atoms with Crippen LogP contribution in [0.15, 0.2) is 52.8 Å². The number of aliphatic hydroxyl groups excluding tert-OH is 1. The van der Waals surface area contributed by atoms with Crippen molar-refractivity contribution >= 4 is 83.9 Å². The van der Waals surface area contributed by atoms with Gasteiger partial charge in [0, 0.05) is 90.7 Å². The number of hydrogen-bond acceptors (Lipinski definition) is 21. The van der Waals surface area contributed by atoms with Crippen molar-refractivity contribution < 1.29 is 96.7 Å². The number of carbonyl (C=O) groups excluding carboxylic acids is 2. The molecular weight excluding hydrogens is 1230 g/mol. The van der Waals surface area contributed by atoms with Crippen LogP contribution in [0.1, 0.15) is 91.0 Å². The van der Waals surface area contributed by atoms with E-state index in [0.29, 0.717) is 40.7 Å².